The first-order valence-electron chi connectivity index (χ1n) is 10.3. The third-order valence-electron chi connectivity index (χ3n) is 5.17. The molecule has 0 radical (unpaired) electrons. The third-order valence-corrected chi connectivity index (χ3v) is 7.41. The molecule has 1 aliphatic rings. The number of aromatic nitrogens is 4. The predicted octanol–water partition coefficient (Wildman–Crippen LogP) is 3.33. The van der Waals surface area contributed by atoms with Crippen LogP contribution in [0.4, 0.5) is 28.7 Å². The average molecular weight is 524 g/mol. The molecule has 0 atom stereocenters. The van der Waals surface area contributed by atoms with Crippen LogP contribution in [-0.2, 0) is 20.0 Å². The van der Waals surface area contributed by atoms with Crippen LogP contribution in [0.3, 0.4) is 0 Å². The maximum absolute atomic E-state index is 13.0. The van der Waals surface area contributed by atoms with E-state index in [4.69, 9.17) is 0 Å². The van der Waals surface area contributed by atoms with Crippen molar-refractivity contribution in [2.75, 3.05) is 16.3 Å². The Morgan fingerprint density at radius 1 is 1.11 bits per heavy atom. The highest BCUT2D eigenvalue weighted by Gasteiger charge is 2.33. The smallest absolute Gasteiger partial charge is 0.287 e. The van der Waals surface area contributed by atoms with Crippen LogP contribution in [0.2, 0.25) is 0 Å². The topological polar surface area (TPSA) is 176 Å². The normalized spacial score (nSPS) is 14.0. The number of rotatable bonds is 5. The Kier molecular flexibility index (Phi) is 5.34. The zero-order valence-electron chi connectivity index (χ0n) is 18.8. The number of aryl methyl sites for hydroxylation is 1. The van der Waals surface area contributed by atoms with E-state index in [0.717, 1.165) is 10.3 Å². The fourth-order valence-electron chi connectivity index (χ4n) is 3.60. The van der Waals surface area contributed by atoms with Crippen molar-refractivity contribution in [3.8, 4) is 11.8 Å². The summed E-state index contributed by atoms with van der Waals surface area (Å²) in [5.74, 6) is 0.218. The van der Waals surface area contributed by atoms with E-state index in [0.29, 0.717) is 22.8 Å². The largest absolute Gasteiger partial charge is 0.336 e. The van der Waals surface area contributed by atoms with Gasteiger partial charge in [0.15, 0.2) is 17.3 Å². The van der Waals surface area contributed by atoms with Crippen molar-refractivity contribution in [1.82, 2.24) is 19.0 Å². The third kappa shape index (κ3) is 3.97. The Morgan fingerprint density at radius 3 is 2.53 bits per heavy atom. The molecule has 15 heteroatoms. The lowest BCUT2D eigenvalue weighted by molar-refractivity contribution is 0.579. The van der Waals surface area contributed by atoms with E-state index in [-0.39, 0.29) is 27.8 Å². The zero-order valence-corrected chi connectivity index (χ0v) is 20.4. The van der Waals surface area contributed by atoms with Crippen LogP contribution in [0.25, 0.3) is 5.69 Å². The SMILES string of the molecule is Cc1nn2c(c1/N=N/c1c(C#N)cnn1-c1ccc(NS(C)(=O)=O)cc1)Nc1ccccc1S2(=O)=O. The zero-order chi connectivity index (χ0) is 25.7. The van der Waals surface area contributed by atoms with Crippen molar-refractivity contribution >= 4 is 48.7 Å². The molecule has 0 spiro atoms. The van der Waals surface area contributed by atoms with E-state index in [1.165, 1.54) is 29.1 Å². The lowest BCUT2D eigenvalue weighted by Gasteiger charge is -2.19. The number of hydrogen-bond acceptors (Lipinski definition) is 10. The Bertz CT molecular complexity index is 1800. The van der Waals surface area contributed by atoms with Crippen LogP contribution in [0.1, 0.15) is 11.3 Å². The molecule has 0 fully saturated rings. The molecule has 0 amide bonds. The van der Waals surface area contributed by atoms with Gasteiger partial charge in [0.2, 0.25) is 10.0 Å². The van der Waals surface area contributed by atoms with Crippen molar-refractivity contribution in [3.63, 3.8) is 0 Å². The molecule has 13 nitrogen and oxygen atoms in total. The minimum absolute atomic E-state index is 0.0853. The molecular formula is C21H17N9O4S2. The van der Waals surface area contributed by atoms with Gasteiger partial charge in [0, 0.05) is 5.69 Å². The molecule has 2 N–H and O–H groups in total. The van der Waals surface area contributed by atoms with Crippen molar-refractivity contribution in [3.05, 3.63) is 66.0 Å². The van der Waals surface area contributed by atoms with Gasteiger partial charge < -0.3 is 5.32 Å². The van der Waals surface area contributed by atoms with E-state index in [1.54, 1.807) is 37.3 Å². The maximum atomic E-state index is 13.0. The standard InChI is InChI=1S/C21H17N9O4S2/c1-13-19(21-24-17-5-3-4-6-18(17)36(33,34)30(21)27-13)25-26-20-14(11-22)12-23-29(20)16-9-7-15(8-10-16)28-35(2,31)32/h3-10,12,24,28H,1-2H3/b26-25+. The number of benzene rings is 2. The molecule has 0 saturated heterocycles. The van der Waals surface area contributed by atoms with Gasteiger partial charge in [-0.1, -0.05) is 12.1 Å². The second-order valence-electron chi connectivity index (χ2n) is 7.78. The Balaban J connectivity index is 1.55. The van der Waals surface area contributed by atoms with Crippen molar-refractivity contribution in [1.29, 1.82) is 5.26 Å². The lowest BCUT2D eigenvalue weighted by atomic mass is 10.3. The number of fused-ring (bicyclic) bond motifs is 2. The molecule has 36 heavy (non-hydrogen) atoms. The van der Waals surface area contributed by atoms with E-state index in [2.05, 4.69) is 30.5 Å². The summed E-state index contributed by atoms with van der Waals surface area (Å²) in [5, 5.41) is 29.4. The van der Waals surface area contributed by atoms with Gasteiger partial charge in [0.05, 0.1) is 29.5 Å². The van der Waals surface area contributed by atoms with Gasteiger partial charge in [-0.15, -0.1) is 14.3 Å². The summed E-state index contributed by atoms with van der Waals surface area (Å²) in [6.45, 7) is 1.59. The summed E-state index contributed by atoms with van der Waals surface area (Å²) >= 11 is 0. The molecule has 0 aliphatic carbocycles. The molecule has 2 aromatic carbocycles. The summed E-state index contributed by atoms with van der Waals surface area (Å²) in [7, 11) is -7.37. The molecule has 182 valence electrons. The van der Waals surface area contributed by atoms with Crippen LogP contribution in [0.5, 0.6) is 0 Å². The second-order valence-corrected chi connectivity index (χ2v) is 11.3. The second kappa shape index (κ2) is 8.29. The Labute approximate surface area is 205 Å². The van der Waals surface area contributed by atoms with Gasteiger partial charge in [0.1, 0.15) is 16.5 Å². The number of nitrogens with one attached hydrogen (secondary N) is 2. The average Bonchev–Trinajstić information content (AvgIpc) is 3.38. The summed E-state index contributed by atoms with van der Waals surface area (Å²) in [6.07, 6.45) is 2.36. The van der Waals surface area contributed by atoms with Crippen molar-refractivity contribution < 1.29 is 16.8 Å². The van der Waals surface area contributed by atoms with Crippen LogP contribution >= 0.6 is 0 Å². The number of nitrogens with zero attached hydrogens (tertiary/aromatic N) is 7. The maximum Gasteiger partial charge on any atom is 0.287 e. The number of sulfonamides is 1. The monoisotopic (exact) mass is 523 g/mol. The molecular weight excluding hydrogens is 506 g/mol. The van der Waals surface area contributed by atoms with Crippen LogP contribution in [-0.4, -0.2) is 42.1 Å². The van der Waals surface area contributed by atoms with Gasteiger partial charge in [-0.3, -0.25) is 4.72 Å². The quantitative estimate of drug-likeness (QED) is 0.329. The van der Waals surface area contributed by atoms with Crippen molar-refractivity contribution in [2.24, 2.45) is 10.2 Å². The predicted molar refractivity (Wildman–Crippen MR) is 130 cm³/mol. The first-order chi connectivity index (χ1) is 17.1. The molecule has 0 unspecified atom stereocenters. The number of azo groups is 1. The lowest BCUT2D eigenvalue weighted by Crippen LogP contribution is -2.22. The molecule has 1 aliphatic heterocycles. The minimum atomic E-state index is -3.93. The molecule has 5 rings (SSSR count). The van der Waals surface area contributed by atoms with E-state index in [9.17, 15) is 22.1 Å². The molecule has 3 heterocycles. The highest BCUT2D eigenvalue weighted by Crippen LogP contribution is 2.41. The van der Waals surface area contributed by atoms with Gasteiger partial charge in [0.25, 0.3) is 10.0 Å². The van der Waals surface area contributed by atoms with Crippen LogP contribution in [0, 0.1) is 18.3 Å². The highest BCUT2D eigenvalue weighted by molar-refractivity contribution is 7.92. The molecule has 0 saturated carbocycles. The molecule has 0 bridgehead atoms. The number of anilines is 3. The summed E-state index contributed by atoms with van der Waals surface area (Å²) in [6, 6.07) is 14.7. The van der Waals surface area contributed by atoms with E-state index < -0.39 is 20.0 Å². The van der Waals surface area contributed by atoms with Gasteiger partial charge in [-0.2, -0.15) is 23.9 Å². The number of nitriles is 1. The molecule has 2 aromatic heterocycles. The highest BCUT2D eigenvalue weighted by atomic mass is 32.2. The fourth-order valence-corrected chi connectivity index (χ4v) is 5.60. The van der Waals surface area contributed by atoms with Gasteiger partial charge in [-0.25, -0.2) is 13.1 Å². The summed E-state index contributed by atoms with van der Waals surface area (Å²) in [4.78, 5) is 0.0853. The van der Waals surface area contributed by atoms with Gasteiger partial charge >= 0.3 is 0 Å². The van der Waals surface area contributed by atoms with Crippen LogP contribution in [0.15, 0.2) is 69.9 Å². The summed E-state index contributed by atoms with van der Waals surface area (Å²) < 4.78 is 53.6. The Morgan fingerprint density at radius 2 is 1.83 bits per heavy atom. The summed E-state index contributed by atoms with van der Waals surface area (Å²) in [5.41, 5.74) is 1.84. The van der Waals surface area contributed by atoms with Gasteiger partial charge in [-0.05, 0) is 43.3 Å². The number of para-hydroxylation sites is 1. The Hall–Kier alpha value is -4.55. The van der Waals surface area contributed by atoms with E-state index in [1.807, 2.05) is 6.07 Å². The van der Waals surface area contributed by atoms with Crippen molar-refractivity contribution in [2.45, 2.75) is 11.8 Å². The first-order valence-corrected chi connectivity index (χ1v) is 13.6. The minimum Gasteiger partial charge on any atom is -0.336 e. The fraction of sp³-hybridized carbons (Fsp3) is 0.0952. The number of hydrogen-bond donors (Lipinski definition) is 2. The van der Waals surface area contributed by atoms with E-state index >= 15 is 0 Å². The molecule has 4 aromatic rings. The van der Waals surface area contributed by atoms with Crippen LogP contribution < -0.4 is 10.0 Å². The first kappa shape index (κ1) is 23.2.